The van der Waals surface area contributed by atoms with Crippen LogP contribution in [0.1, 0.15) is 6.42 Å². The van der Waals surface area contributed by atoms with Gasteiger partial charge in [-0.05, 0) is 24.3 Å². The van der Waals surface area contributed by atoms with Crippen LogP contribution in [0.2, 0.25) is 0 Å². The summed E-state index contributed by atoms with van der Waals surface area (Å²) in [5.41, 5.74) is 0.492. The van der Waals surface area contributed by atoms with Crippen LogP contribution in [0.15, 0.2) is 33.7 Å². The third-order valence-corrected chi connectivity index (χ3v) is 2.79. The molecule has 0 aromatic heterocycles. The molecule has 1 aromatic carbocycles. The van der Waals surface area contributed by atoms with E-state index in [4.69, 9.17) is 11.6 Å². The first-order chi connectivity index (χ1) is 7.58. The van der Waals surface area contributed by atoms with Crippen molar-refractivity contribution >= 4 is 50.3 Å². The summed E-state index contributed by atoms with van der Waals surface area (Å²) in [7, 11) is 0. The number of carbonyl (C=O) groups is 2. The zero-order valence-electron chi connectivity index (χ0n) is 7.98. The smallest absolute Gasteiger partial charge is 0.273 e. The summed E-state index contributed by atoms with van der Waals surface area (Å²) in [6.45, 7) is 0. The van der Waals surface area contributed by atoms with Gasteiger partial charge in [-0.2, -0.15) is 4.99 Å². The standard InChI is InChI=1S/C10H6BrClN2O2/c11-6-1-3-7(4-2-6)14-9(15)5-8(12)13-10(14)16/h1-4H,5H2. The summed E-state index contributed by atoms with van der Waals surface area (Å²) in [6, 6.07) is 6.16. The van der Waals surface area contributed by atoms with E-state index in [-0.39, 0.29) is 17.5 Å². The number of anilines is 1. The van der Waals surface area contributed by atoms with Crippen LogP contribution in [0.4, 0.5) is 10.5 Å². The second-order valence-electron chi connectivity index (χ2n) is 3.15. The van der Waals surface area contributed by atoms with E-state index in [1.807, 2.05) is 0 Å². The SMILES string of the molecule is O=C1CC(Cl)=NC(=O)N1c1ccc(Br)cc1. The molecule has 0 radical (unpaired) electrons. The lowest BCUT2D eigenvalue weighted by Crippen LogP contribution is -2.39. The number of amides is 3. The third kappa shape index (κ3) is 2.15. The molecular weight excluding hydrogens is 295 g/mol. The number of hydrogen-bond donors (Lipinski definition) is 0. The molecule has 0 saturated carbocycles. The maximum atomic E-state index is 11.6. The fraction of sp³-hybridized carbons (Fsp3) is 0.100. The molecule has 0 fully saturated rings. The number of imide groups is 1. The van der Waals surface area contributed by atoms with E-state index in [0.717, 1.165) is 9.37 Å². The lowest BCUT2D eigenvalue weighted by atomic mass is 10.2. The number of carbonyl (C=O) groups excluding carboxylic acids is 2. The van der Waals surface area contributed by atoms with E-state index in [1.165, 1.54) is 0 Å². The molecule has 0 atom stereocenters. The quantitative estimate of drug-likeness (QED) is 0.801. The molecule has 1 aliphatic heterocycles. The van der Waals surface area contributed by atoms with Crippen molar-refractivity contribution in [3.8, 4) is 0 Å². The van der Waals surface area contributed by atoms with Crippen molar-refractivity contribution in [3.05, 3.63) is 28.7 Å². The van der Waals surface area contributed by atoms with Crippen molar-refractivity contribution < 1.29 is 9.59 Å². The fourth-order valence-corrected chi connectivity index (χ4v) is 1.80. The van der Waals surface area contributed by atoms with E-state index >= 15 is 0 Å². The molecule has 3 amide bonds. The number of aliphatic imine (C=N–C) groups is 1. The molecule has 0 unspecified atom stereocenters. The van der Waals surface area contributed by atoms with Crippen molar-refractivity contribution in [1.82, 2.24) is 0 Å². The zero-order valence-corrected chi connectivity index (χ0v) is 10.3. The maximum absolute atomic E-state index is 11.6. The van der Waals surface area contributed by atoms with Crippen molar-refractivity contribution in [1.29, 1.82) is 0 Å². The minimum atomic E-state index is -0.649. The summed E-state index contributed by atoms with van der Waals surface area (Å²) < 4.78 is 0.870. The Bertz CT molecular complexity index is 484. The highest BCUT2D eigenvalue weighted by Gasteiger charge is 2.28. The molecule has 0 bridgehead atoms. The van der Waals surface area contributed by atoms with E-state index in [9.17, 15) is 9.59 Å². The molecular formula is C10H6BrClN2O2. The van der Waals surface area contributed by atoms with Crippen LogP contribution in [0.25, 0.3) is 0 Å². The Morgan fingerprint density at radius 1 is 1.25 bits per heavy atom. The van der Waals surface area contributed by atoms with Crippen LogP contribution in [-0.2, 0) is 4.79 Å². The normalized spacial score (nSPS) is 16.4. The van der Waals surface area contributed by atoms with Gasteiger partial charge in [0.1, 0.15) is 5.17 Å². The predicted octanol–water partition coefficient (Wildman–Crippen LogP) is 2.94. The van der Waals surface area contributed by atoms with Gasteiger partial charge in [0.25, 0.3) is 0 Å². The predicted molar refractivity (Wildman–Crippen MR) is 64.9 cm³/mol. The Kier molecular flexibility index (Phi) is 3.07. The van der Waals surface area contributed by atoms with Crippen LogP contribution in [-0.4, -0.2) is 17.1 Å². The van der Waals surface area contributed by atoms with Gasteiger partial charge in [0.15, 0.2) is 0 Å². The van der Waals surface area contributed by atoms with Crippen molar-refractivity contribution in [2.75, 3.05) is 4.90 Å². The minimum absolute atomic E-state index is 0.0309. The second kappa shape index (κ2) is 4.35. The molecule has 16 heavy (non-hydrogen) atoms. The average molecular weight is 302 g/mol. The highest BCUT2D eigenvalue weighted by Crippen LogP contribution is 2.22. The summed E-state index contributed by atoms with van der Waals surface area (Å²) in [6.07, 6.45) is -0.0383. The molecule has 2 rings (SSSR count). The molecule has 1 heterocycles. The van der Waals surface area contributed by atoms with Gasteiger partial charge in [0, 0.05) is 4.47 Å². The maximum Gasteiger partial charge on any atom is 0.355 e. The van der Waals surface area contributed by atoms with E-state index in [0.29, 0.717) is 5.69 Å². The summed E-state index contributed by atoms with van der Waals surface area (Å²) in [4.78, 5) is 27.7. The molecule has 1 aromatic rings. The first-order valence-corrected chi connectivity index (χ1v) is 5.60. The zero-order chi connectivity index (χ0) is 11.7. The topological polar surface area (TPSA) is 49.7 Å². The molecule has 0 spiro atoms. The number of rotatable bonds is 1. The number of halogens is 2. The Hall–Kier alpha value is -1.20. The fourth-order valence-electron chi connectivity index (χ4n) is 1.35. The van der Waals surface area contributed by atoms with Crippen molar-refractivity contribution in [2.24, 2.45) is 4.99 Å². The monoisotopic (exact) mass is 300 g/mol. The summed E-state index contributed by atoms with van der Waals surface area (Å²) >= 11 is 8.83. The number of nitrogens with zero attached hydrogens (tertiary/aromatic N) is 2. The highest BCUT2D eigenvalue weighted by molar-refractivity contribution is 9.10. The molecule has 0 aliphatic carbocycles. The van der Waals surface area contributed by atoms with Gasteiger partial charge in [0.2, 0.25) is 5.91 Å². The van der Waals surface area contributed by atoms with Gasteiger partial charge < -0.3 is 0 Å². The van der Waals surface area contributed by atoms with Gasteiger partial charge in [-0.1, -0.05) is 27.5 Å². The van der Waals surface area contributed by atoms with Crippen LogP contribution in [0.3, 0.4) is 0 Å². The second-order valence-corrected chi connectivity index (χ2v) is 4.50. The minimum Gasteiger partial charge on any atom is -0.273 e. The summed E-state index contributed by atoms with van der Waals surface area (Å²) in [5, 5.41) is 0.0309. The molecule has 0 N–H and O–H groups in total. The Balaban J connectivity index is 2.37. The first kappa shape index (κ1) is 11.3. The van der Waals surface area contributed by atoms with Gasteiger partial charge in [-0.15, -0.1) is 0 Å². The average Bonchev–Trinajstić information content (AvgIpc) is 2.19. The van der Waals surface area contributed by atoms with Crippen molar-refractivity contribution in [3.63, 3.8) is 0 Å². The highest BCUT2D eigenvalue weighted by atomic mass is 79.9. The third-order valence-electron chi connectivity index (χ3n) is 2.04. The number of hydrogen-bond acceptors (Lipinski definition) is 2. The largest absolute Gasteiger partial charge is 0.355 e. The van der Waals surface area contributed by atoms with Crippen molar-refractivity contribution in [2.45, 2.75) is 6.42 Å². The molecule has 1 aliphatic rings. The number of benzene rings is 1. The Labute approximate surface area is 105 Å². The Morgan fingerprint density at radius 3 is 2.44 bits per heavy atom. The van der Waals surface area contributed by atoms with Gasteiger partial charge in [-0.3, -0.25) is 4.79 Å². The van der Waals surface area contributed by atoms with Crippen LogP contribution >= 0.6 is 27.5 Å². The molecule has 0 saturated heterocycles. The lowest BCUT2D eigenvalue weighted by molar-refractivity contribution is -0.116. The number of urea groups is 1. The molecule has 82 valence electrons. The van der Waals surface area contributed by atoms with E-state index in [1.54, 1.807) is 24.3 Å². The Morgan fingerprint density at radius 2 is 1.88 bits per heavy atom. The van der Waals surface area contributed by atoms with E-state index in [2.05, 4.69) is 20.9 Å². The van der Waals surface area contributed by atoms with E-state index < -0.39 is 6.03 Å². The lowest BCUT2D eigenvalue weighted by Gasteiger charge is -2.21. The first-order valence-electron chi connectivity index (χ1n) is 4.43. The molecule has 4 nitrogen and oxygen atoms in total. The van der Waals surface area contributed by atoms with Crippen LogP contribution in [0, 0.1) is 0 Å². The van der Waals surface area contributed by atoms with Gasteiger partial charge in [0.05, 0.1) is 12.1 Å². The van der Waals surface area contributed by atoms with Gasteiger partial charge in [-0.25, -0.2) is 9.69 Å². The summed E-state index contributed by atoms with van der Waals surface area (Å²) in [5.74, 6) is -0.368. The molecule has 6 heteroatoms. The van der Waals surface area contributed by atoms with Crippen LogP contribution < -0.4 is 4.90 Å². The van der Waals surface area contributed by atoms with Crippen LogP contribution in [0.5, 0.6) is 0 Å². The van der Waals surface area contributed by atoms with Gasteiger partial charge >= 0.3 is 6.03 Å².